The number of ether oxygens (including phenoxy) is 1. The molecule has 1 aliphatic carbocycles. The van der Waals surface area contributed by atoms with Gasteiger partial charge in [-0.15, -0.1) is 0 Å². The SMILES string of the molecule is C[C@H](NC(=O)OCc1ccccc1)C(=O)N1CCC[C@H]1C(=O)NC1CCCC1. The fourth-order valence-electron chi connectivity index (χ4n) is 3.92. The largest absolute Gasteiger partial charge is 0.445 e. The summed E-state index contributed by atoms with van der Waals surface area (Å²) in [7, 11) is 0. The summed E-state index contributed by atoms with van der Waals surface area (Å²) in [6, 6.07) is 8.38. The summed E-state index contributed by atoms with van der Waals surface area (Å²) >= 11 is 0. The lowest BCUT2D eigenvalue weighted by atomic mass is 10.1. The first kappa shape index (κ1) is 20.2. The van der Waals surface area contributed by atoms with Gasteiger partial charge < -0.3 is 20.3 Å². The van der Waals surface area contributed by atoms with E-state index in [0.717, 1.165) is 37.7 Å². The molecule has 1 saturated heterocycles. The number of nitrogens with zero attached hydrogens (tertiary/aromatic N) is 1. The van der Waals surface area contributed by atoms with Gasteiger partial charge in [0.05, 0.1) is 0 Å². The van der Waals surface area contributed by atoms with Crippen LogP contribution in [0.4, 0.5) is 4.79 Å². The number of carbonyl (C=O) groups is 3. The zero-order valence-corrected chi connectivity index (χ0v) is 16.4. The van der Waals surface area contributed by atoms with Crippen molar-refractivity contribution in [3.05, 3.63) is 35.9 Å². The van der Waals surface area contributed by atoms with Crippen molar-refractivity contribution in [3.63, 3.8) is 0 Å². The molecule has 3 amide bonds. The third-order valence-electron chi connectivity index (χ3n) is 5.46. The minimum atomic E-state index is -0.747. The van der Waals surface area contributed by atoms with Crippen molar-refractivity contribution in [2.45, 2.75) is 70.2 Å². The topological polar surface area (TPSA) is 87.7 Å². The van der Waals surface area contributed by atoms with Crippen LogP contribution in [0, 0.1) is 0 Å². The molecule has 2 aliphatic rings. The number of hydrogen-bond acceptors (Lipinski definition) is 4. The number of benzene rings is 1. The van der Waals surface area contributed by atoms with Crippen LogP contribution in [0.2, 0.25) is 0 Å². The minimum Gasteiger partial charge on any atom is -0.445 e. The lowest BCUT2D eigenvalue weighted by molar-refractivity contribution is -0.139. The van der Waals surface area contributed by atoms with Crippen molar-refractivity contribution in [3.8, 4) is 0 Å². The van der Waals surface area contributed by atoms with Gasteiger partial charge in [-0.25, -0.2) is 4.79 Å². The molecular weight excluding hydrogens is 358 g/mol. The molecule has 28 heavy (non-hydrogen) atoms. The van der Waals surface area contributed by atoms with Crippen molar-refractivity contribution in [2.24, 2.45) is 0 Å². The van der Waals surface area contributed by atoms with Gasteiger partial charge in [-0.1, -0.05) is 43.2 Å². The number of hydrogen-bond donors (Lipinski definition) is 2. The van der Waals surface area contributed by atoms with Crippen LogP contribution >= 0.6 is 0 Å². The molecule has 7 heteroatoms. The Morgan fingerprint density at radius 1 is 1.11 bits per heavy atom. The fraction of sp³-hybridized carbons (Fsp3) is 0.571. The van der Waals surface area contributed by atoms with E-state index in [9.17, 15) is 14.4 Å². The number of likely N-dealkylation sites (tertiary alicyclic amines) is 1. The average Bonchev–Trinajstić information content (AvgIpc) is 3.38. The lowest BCUT2D eigenvalue weighted by Gasteiger charge is -2.28. The molecule has 0 aromatic heterocycles. The first-order chi connectivity index (χ1) is 13.5. The van der Waals surface area contributed by atoms with E-state index in [2.05, 4.69) is 10.6 Å². The normalized spacial score (nSPS) is 20.6. The van der Waals surface area contributed by atoms with Crippen LogP contribution in [0.15, 0.2) is 30.3 Å². The van der Waals surface area contributed by atoms with E-state index in [4.69, 9.17) is 4.74 Å². The van der Waals surface area contributed by atoms with E-state index in [1.807, 2.05) is 30.3 Å². The van der Waals surface area contributed by atoms with Gasteiger partial charge in [0.1, 0.15) is 18.7 Å². The summed E-state index contributed by atoms with van der Waals surface area (Å²) in [4.78, 5) is 39.0. The van der Waals surface area contributed by atoms with Crippen LogP contribution in [0.3, 0.4) is 0 Å². The van der Waals surface area contributed by atoms with E-state index in [-0.39, 0.29) is 24.5 Å². The van der Waals surface area contributed by atoms with E-state index in [1.165, 1.54) is 0 Å². The molecule has 0 radical (unpaired) electrons. The Kier molecular flexibility index (Phi) is 6.90. The molecule has 7 nitrogen and oxygen atoms in total. The Bertz CT molecular complexity index is 688. The van der Waals surface area contributed by atoms with E-state index in [1.54, 1.807) is 11.8 Å². The Morgan fingerprint density at radius 3 is 2.54 bits per heavy atom. The predicted molar refractivity (Wildman–Crippen MR) is 104 cm³/mol. The van der Waals surface area contributed by atoms with E-state index in [0.29, 0.717) is 13.0 Å². The summed E-state index contributed by atoms with van der Waals surface area (Å²) in [5.74, 6) is -0.322. The van der Waals surface area contributed by atoms with Crippen molar-refractivity contribution < 1.29 is 19.1 Å². The van der Waals surface area contributed by atoms with Crippen LogP contribution in [0.5, 0.6) is 0 Å². The maximum Gasteiger partial charge on any atom is 0.408 e. The van der Waals surface area contributed by atoms with Crippen LogP contribution in [0.25, 0.3) is 0 Å². The van der Waals surface area contributed by atoms with Gasteiger partial charge in [-0.05, 0) is 38.2 Å². The average molecular weight is 387 g/mol. The number of rotatable bonds is 6. The highest BCUT2D eigenvalue weighted by atomic mass is 16.5. The summed E-state index contributed by atoms with van der Waals surface area (Å²) in [6.45, 7) is 2.30. The highest BCUT2D eigenvalue weighted by Crippen LogP contribution is 2.22. The van der Waals surface area contributed by atoms with Gasteiger partial charge in [-0.2, -0.15) is 0 Å². The zero-order valence-electron chi connectivity index (χ0n) is 16.4. The molecule has 1 aliphatic heterocycles. The molecule has 152 valence electrons. The molecule has 1 heterocycles. The Labute approximate surface area is 165 Å². The van der Waals surface area contributed by atoms with Gasteiger partial charge in [0.15, 0.2) is 0 Å². The first-order valence-electron chi connectivity index (χ1n) is 10.1. The number of amides is 3. The summed E-state index contributed by atoms with van der Waals surface area (Å²) in [6.07, 6.45) is 5.12. The highest BCUT2D eigenvalue weighted by Gasteiger charge is 2.37. The molecule has 0 spiro atoms. The molecule has 1 saturated carbocycles. The van der Waals surface area contributed by atoms with Crippen molar-refractivity contribution >= 4 is 17.9 Å². The molecule has 1 aromatic rings. The molecule has 2 fully saturated rings. The third kappa shape index (κ3) is 5.24. The van der Waals surface area contributed by atoms with Crippen molar-refractivity contribution in [1.29, 1.82) is 0 Å². The predicted octanol–water partition coefficient (Wildman–Crippen LogP) is 2.35. The van der Waals surface area contributed by atoms with Crippen molar-refractivity contribution in [2.75, 3.05) is 6.54 Å². The Balaban J connectivity index is 1.48. The second kappa shape index (κ2) is 9.57. The number of alkyl carbamates (subject to hydrolysis) is 1. The molecule has 1 aromatic carbocycles. The second-order valence-corrected chi connectivity index (χ2v) is 7.61. The maximum absolute atomic E-state index is 12.8. The van der Waals surface area contributed by atoms with Crippen LogP contribution < -0.4 is 10.6 Å². The quantitative estimate of drug-likeness (QED) is 0.784. The van der Waals surface area contributed by atoms with Gasteiger partial charge in [-0.3, -0.25) is 9.59 Å². The molecule has 2 atom stereocenters. The standard InChI is InChI=1S/C21H29N3O4/c1-15(22-21(27)28-14-16-8-3-2-4-9-16)20(26)24-13-7-12-18(24)19(25)23-17-10-5-6-11-17/h2-4,8-9,15,17-18H,5-7,10-14H2,1H3,(H,22,27)(H,23,25)/t15-,18-/m0/s1. The smallest absolute Gasteiger partial charge is 0.408 e. The van der Waals surface area contributed by atoms with Crippen LogP contribution in [-0.4, -0.2) is 47.5 Å². The highest BCUT2D eigenvalue weighted by molar-refractivity contribution is 5.91. The monoisotopic (exact) mass is 387 g/mol. The Morgan fingerprint density at radius 2 is 1.82 bits per heavy atom. The summed E-state index contributed by atoms with van der Waals surface area (Å²) < 4.78 is 5.17. The number of carbonyl (C=O) groups excluding carboxylic acids is 3. The second-order valence-electron chi connectivity index (χ2n) is 7.61. The fourth-order valence-corrected chi connectivity index (χ4v) is 3.92. The summed E-state index contributed by atoms with van der Waals surface area (Å²) in [5.41, 5.74) is 0.875. The van der Waals surface area contributed by atoms with Gasteiger partial charge in [0.25, 0.3) is 0 Å². The van der Waals surface area contributed by atoms with E-state index >= 15 is 0 Å². The molecule has 3 rings (SSSR count). The van der Waals surface area contributed by atoms with Crippen LogP contribution in [-0.2, 0) is 20.9 Å². The van der Waals surface area contributed by atoms with Crippen LogP contribution in [0.1, 0.15) is 51.0 Å². The minimum absolute atomic E-state index is 0.0726. The summed E-state index contributed by atoms with van der Waals surface area (Å²) in [5, 5.41) is 5.65. The maximum atomic E-state index is 12.8. The molecule has 2 N–H and O–H groups in total. The molecular formula is C21H29N3O4. The first-order valence-corrected chi connectivity index (χ1v) is 10.1. The Hall–Kier alpha value is -2.57. The van der Waals surface area contributed by atoms with E-state index < -0.39 is 18.2 Å². The molecule has 0 unspecified atom stereocenters. The van der Waals surface area contributed by atoms with Crippen molar-refractivity contribution in [1.82, 2.24) is 15.5 Å². The molecule has 0 bridgehead atoms. The zero-order chi connectivity index (χ0) is 19.9. The number of nitrogens with one attached hydrogen (secondary N) is 2. The van der Waals surface area contributed by atoms with Gasteiger partial charge in [0, 0.05) is 12.6 Å². The van der Waals surface area contributed by atoms with Gasteiger partial charge >= 0.3 is 6.09 Å². The lowest BCUT2D eigenvalue weighted by Crippen LogP contribution is -2.53. The third-order valence-corrected chi connectivity index (χ3v) is 5.46. The van der Waals surface area contributed by atoms with Gasteiger partial charge in [0.2, 0.25) is 11.8 Å².